The summed E-state index contributed by atoms with van der Waals surface area (Å²) < 4.78 is 1.75. The van der Waals surface area contributed by atoms with E-state index in [4.69, 9.17) is 16.2 Å². The first-order valence-corrected chi connectivity index (χ1v) is 11.8. The monoisotopic (exact) mass is 496 g/mol. The van der Waals surface area contributed by atoms with Crippen molar-refractivity contribution >= 4 is 34.7 Å². The van der Waals surface area contributed by atoms with Crippen LogP contribution in [0, 0.1) is 5.41 Å². The summed E-state index contributed by atoms with van der Waals surface area (Å²) in [7, 11) is 0. The number of nitrogens with two attached hydrogens (primary N) is 1. The van der Waals surface area contributed by atoms with Gasteiger partial charge in [-0.05, 0) is 47.9 Å². The first-order valence-electron chi connectivity index (χ1n) is 11.8. The second kappa shape index (κ2) is 11.7. The molecule has 9 heteroatoms. The minimum Gasteiger partial charge on any atom is -0.480 e. The van der Waals surface area contributed by atoms with E-state index >= 15 is 0 Å². The number of carboxylic acid groups (broad SMARTS) is 1. The Morgan fingerprint density at radius 3 is 2.51 bits per heavy atom. The minimum atomic E-state index is -1.13. The van der Waals surface area contributed by atoms with Crippen LogP contribution in [0.25, 0.3) is 33.8 Å². The molecule has 0 aliphatic carbocycles. The summed E-state index contributed by atoms with van der Waals surface area (Å²) in [5.74, 6) is -1.83. The number of carbonyl (C=O) groups excluding carboxylic acids is 1. The van der Waals surface area contributed by atoms with Crippen molar-refractivity contribution < 1.29 is 14.7 Å². The molecule has 0 saturated carbocycles. The van der Waals surface area contributed by atoms with Gasteiger partial charge in [-0.1, -0.05) is 54.6 Å². The number of rotatable bonds is 10. The lowest BCUT2D eigenvalue weighted by molar-refractivity contribution is -0.141. The van der Waals surface area contributed by atoms with Gasteiger partial charge in [0.15, 0.2) is 5.96 Å². The number of carbonyl (C=O) groups is 2. The fourth-order valence-electron chi connectivity index (χ4n) is 3.96. The highest BCUT2D eigenvalue weighted by Gasteiger charge is 2.19. The number of nitrogens with zero attached hydrogens (tertiary/aromatic N) is 2. The molecule has 37 heavy (non-hydrogen) atoms. The molecular formula is C28H28N6O3. The van der Waals surface area contributed by atoms with E-state index in [1.165, 1.54) is 6.08 Å². The molecule has 0 aliphatic rings. The van der Waals surface area contributed by atoms with E-state index in [1.54, 1.807) is 10.8 Å². The van der Waals surface area contributed by atoms with Crippen molar-refractivity contribution in [1.82, 2.24) is 20.4 Å². The van der Waals surface area contributed by atoms with Gasteiger partial charge in [0.1, 0.15) is 6.04 Å². The number of para-hydroxylation sites is 1. The van der Waals surface area contributed by atoms with Crippen molar-refractivity contribution in [3.8, 4) is 16.9 Å². The summed E-state index contributed by atoms with van der Waals surface area (Å²) in [6.45, 7) is 0.346. The van der Waals surface area contributed by atoms with E-state index in [-0.39, 0.29) is 12.4 Å². The average Bonchev–Trinajstić information content (AvgIpc) is 3.33. The number of nitrogens with one attached hydrogen (secondary N) is 3. The number of fused-ring (bicyclic) bond motifs is 1. The van der Waals surface area contributed by atoms with Crippen molar-refractivity contribution in [2.75, 3.05) is 6.54 Å². The zero-order chi connectivity index (χ0) is 26.2. The maximum atomic E-state index is 12.6. The zero-order valence-corrected chi connectivity index (χ0v) is 20.1. The zero-order valence-electron chi connectivity index (χ0n) is 20.1. The van der Waals surface area contributed by atoms with Crippen LogP contribution in [-0.4, -0.2) is 45.3 Å². The molecule has 0 spiro atoms. The van der Waals surface area contributed by atoms with Gasteiger partial charge >= 0.3 is 5.97 Å². The normalized spacial score (nSPS) is 11.9. The van der Waals surface area contributed by atoms with Gasteiger partial charge in [-0.2, -0.15) is 5.10 Å². The Kier molecular flexibility index (Phi) is 7.95. The maximum absolute atomic E-state index is 12.6. The van der Waals surface area contributed by atoms with Crippen molar-refractivity contribution in [3.63, 3.8) is 0 Å². The highest BCUT2D eigenvalue weighted by Crippen LogP contribution is 2.28. The molecule has 1 amide bonds. The number of hydrogen-bond donors (Lipinski definition) is 5. The molecule has 9 nitrogen and oxygen atoms in total. The topological polar surface area (TPSA) is 146 Å². The highest BCUT2D eigenvalue weighted by molar-refractivity contribution is 5.95. The minimum absolute atomic E-state index is 0.183. The molecular weight excluding hydrogens is 468 g/mol. The standard InChI is InChI=1S/C28H28N6O3/c29-28(30)31-16-6-11-24(27(36)37)32-25(35)15-14-22-18-34(23-9-2-1-3-10-23)33-26(22)21-13-12-19-7-4-5-8-20(19)17-21/h1-5,7-10,12-15,17-18,24H,6,11,16H2,(H,32,35)(H,36,37)(H4,29,30,31)/b15-14+/t24-/m0/s1. The van der Waals surface area contributed by atoms with E-state index in [1.807, 2.05) is 72.9 Å². The third-order valence-corrected chi connectivity index (χ3v) is 5.80. The Hall–Kier alpha value is -4.92. The Morgan fingerprint density at radius 2 is 1.78 bits per heavy atom. The molecule has 188 valence electrons. The van der Waals surface area contributed by atoms with Gasteiger partial charge in [-0.3, -0.25) is 10.2 Å². The predicted molar refractivity (Wildman–Crippen MR) is 144 cm³/mol. The van der Waals surface area contributed by atoms with Gasteiger partial charge in [0, 0.05) is 29.9 Å². The van der Waals surface area contributed by atoms with E-state index in [0.717, 1.165) is 22.0 Å². The summed E-state index contributed by atoms with van der Waals surface area (Å²) in [6.07, 6.45) is 5.43. The van der Waals surface area contributed by atoms with Gasteiger partial charge in [-0.15, -0.1) is 0 Å². The lowest BCUT2D eigenvalue weighted by Crippen LogP contribution is -2.40. The Bertz CT molecular complexity index is 1440. The summed E-state index contributed by atoms with van der Waals surface area (Å²) >= 11 is 0. The molecule has 1 atom stereocenters. The van der Waals surface area contributed by atoms with Crippen LogP contribution in [0.15, 0.2) is 85.1 Å². The molecule has 0 radical (unpaired) electrons. The number of carboxylic acids is 1. The van der Waals surface area contributed by atoms with Gasteiger partial charge in [0.2, 0.25) is 5.91 Å². The first-order chi connectivity index (χ1) is 17.9. The molecule has 0 fully saturated rings. The quantitative estimate of drug-likeness (QED) is 0.0982. The van der Waals surface area contributed by atoms with Crippen LogP contribution in [0.2, 0.25) is 0 Å². The average molecular weight is 497 g/mol. The highest BCUT2D eigenvalue weighted by atomic mass is 16.4. The van der Waals surface area contributed by atoms with E-state index in [9.17, 15) is 14.7 Å². The van der Waals surface area contributed by atoms with E-state index in [0.29, 0.717) is 24.2 Å². The molecule has 1 aromatic heterocycles. The molecule has 6 N–H and O–H groups in total. The Morgan fingerprint density at radius 1 is 1.05 bits per heavy atom. The van der Waals surface area contributed by atoms with Crippen molar-refractivity contribution in [1.29, 1.82) is 5.41 Å². The summed E-state index contributed by atoms with van der Waals surface area (Å²) in [4.78, 5) is 24.2. The molecule has 4 rings (SSSR count). The maximum Gasteiger partial charge on any atom is 0.326 e. The van der Waals surface area contributed by atoms with E-state index < -0.39 is 17.9 Å². The number of benzene rings is 3. The fourth-order valence-corrected chi connectivity index (χ4v) is 3.96. The number of aliphatic carboxylic acids is 1. The van der Waals surface area contributed by atoms with Gasteiger partial charge in [0.05, 0.1) is 11.4 Å². The van der Waals surface area contributed by atoms with Gasteiger partial charge < -0.3 is 21.5 Å². The van der Waals surface area contributed by atoms with Crippen LogP contribution in [0.1, 0.15) is 18.4 Å². The molecule has 3 aromatic carbocycles. The third-order valence-electron chi connectivity index (χ3n) is 5.80. The van der Waals surface area contributed by atoms with Crippen LogP contribution >= 0.6 is 0 Å². The lowest BCUT2D eigenvalue weighted by atomic mass is 10.0. The number of amides is 1. The van der Waals surface area contributed by atoms with Crippen LogP contribution in [0.3, 0.4) is 0 Å². The lowest BCUT2D eigenvalue weighted by Gasteiger charge is -2.13. The summed E-state index contributed by atoms with van der Waals surface area (Å²) in [5, 5.41) is 28.8. The predicted octanol–water partition coefficient (Wildman–Crippen LogP) is 3.54. The molecule has 4 aromatic rings. The number of guanidine groups is 1. The smallest absolute Gasteiger partial charge is 0.326 e. The molecule has 0 aliphatic heterocycles. The SMILES string of the molecule is N=C(N)NCCC[C@H](NC(=O)/C=C/c1cn(-c2ccccc2)nc1-c1ccc2ccccc2c1)C(=O)O. The van der Waals surface area contributed by atoms with Gasteiger partial charge in [0.25, 0.3) is 0 Å². The van der Waals surface area contributed by atoms with E-state index in [2.05, 4.69) is 16.7 Å². The van der Waals surface area contributed by atoms with Crippen molar-refractivity contribution in [3.05, 3.63) is 90.6 Å². The van der Waals surface area contributed by atoms with Crippen LogP contribution < -0.4 is 16.4 Å². The van der Waals surface area contributed by atoms with Crippen LogP contribution in [-0.2, 0) is 9.59 Å². The first kappa shape index (κ1) is 25.2. The largest absolute Gasteiger partial charge is 0.480 e. The summed E-state index contributed by atoms with van der Waals surface area (Å²) in [5.41, 5.74) is 8.42. The summed E-state index contributed by atoms with van der Waals surface area (Å²) in [6, 6.07) is 22.7. The van der Waals surface area contributed by atoms with Gasteiger partial charge in [-0.25, -0.2) is 9.48 Å². The van der Waals surface area contributed by atoms with Crippen LogP contribution in [0.5, 0.6) is 0 Å². The van der Waals surface area contributed by atoms with Crippen molar-refractivity contribution in [2.24, 2.45) is 5.73 Å². The molecule has 0 unspecified atom stereocenters. The fraction of sp³-hybridized carbons (Fsp3) is 0.143. The Balaban J connectivity index is 1.58. The Labute approximate surface area is 214 Å². The van der Waals surface area contributed by atoms with Crippen LogP contribution in [0.4, 0.5) is 0 Å². The second-order valence-corrected chi connectivity index (χ2v) is 8.49. The second-order valence-electron chi connectivity index (χ2n) is 8.49. The number of hydrogen-bond acceptors (Lipinski definition) is 4. The molecule has 0 saturated heterocycles. The third kappa shape index (κ3) is 6.61. The number of aromatic nitrogens is 2. The molecule has 1 heterocycles. The molecule has 0 bridgehead atoms. The van der Waals surface area contributed by atoms with Crippen molar-refractivity contribution in [2.45, 2.75) is 18.9 Å².